The number of nitrogens with one attached hydrogen (secondary N) is 2. The van der Waals surface area contributed by atoms with E-state index < -0.39 is 0 Å². The molecule has 0 radical (unpaired) electrons. The molecule has 0 saturated carbocycles. The van der Waals surface area contributed by atoms with Crippen molar-refractivity contribution >= 4 is 11.9 Å². The Labute approximate surface area is 78.5 Å². The van der Waals surface area contributed by atoms with Crippen LogP contribution < -0.4 is 10.6 Å². The van der Waals surface area contributed by atoms with Crippen LogP contribution in [0.1, 0.15) is 13.3 Å². The first kappa shape index (κ1) is 11.7. The maximum Gasteiger partial charge on any atom is 0.316 e. The summed E-state index contributed by atoms with van der Waals surface area (Å²) in [6, 6.07) is -0.147. The summed E-state index contributed by atoms with van der Waals surface area (Å²) in [5, 5.41) is 5.29. The van der Waals surface area contributed by atoms with Crippen LogP contribution in [0.25, 0.3) is 0 Å². The maximum absolute atomic E-state index is 11.0. The van der Waals surface area contributed by atoms with E-state index in [-0.39, 0.29) is 11.9 Å². The van der Waals surface area contributed by atoms with Gasteiger partial charge in [-0.3, -0.25) is 4.79 Å². The molecule has 0 atom stereocenters. The summed E-state index contributed by atoms with van der Waals surface area (Å²) in [7, 11) is 3.33. The van der Waals surface area contributed by atoms with Crippen molar-refractivity contribution in [1.29, 1.82) is 0 Å². The van der Waals surface area contributed by atoms with Crippen molar-refractivity contribution in [2.24, 2.45) is 0 Å². The van der Waals surface area contributed by atoms with E-state index in [0.29, 0.717) is 19.5 Å². The van der Waals surface area contributed by atoms with Gasteiger partial charge in [0.1, 0.15) is 0 Å². The number of hydrogen-bond acceptors (Lipinski definition) is 2. The summed E-state index contributed by atoms with van der Waals surface area (Å²) < 4.78 is 0. The Morgan fingerprint density at radius 1 is 1.15 bits per heavy atom. The number of nitrogens with zero attached hydrogens (tertiary/aromatic N) is 1. The second-order valence-electron chi connectivity index (χ2n) is 2.83. The second kappa shape index (κ2) is 6.28. The van der Waals surface area contributed by atoms with Crippen LogP contribution in [0.4, 0.5) is 4.79 Å². The van der Waals surface area contributed by atoms with Gasteiger partial charge in [-0.15, -0.1) is 0 Å². The van der Waals surface area contributed by atoms with Gasteiger partial charge in [0.05, 0.1) is 0 Å². The van der Waals surface area contributed by atoms with Crippen LogP contribution >= 0.6 is 0 Å². The summed E-state index contributed by atoms with van der Waals surface area (Å²) in [5.41, 5.74) is 0. The van der Waals surface area contributed by atoms with E-state index in [1.165, 1.54) is 4.90 Å². The highest BCUT2D eigenvalue weighted by molar-refractivity contribution is 5.76. The van der Waals surface area contributed by atoms with Crippen LogP contribution in [0, 0.1) is 0 Å². The molecule has 76 valence electrons. The minimum atomic E-state index is -0.147. The first-order valence-electron chi connectivity index (χ1n) is 4.29. The lowest BCUT2D eigenvalue weighted by Gasteiger charge is -2.11. The van der Waals surface area contributed by atoms with Crippen molar-refractivity contribution in [3.05, 3.63) is 0 Å². The predicted molar refractivity (Wildman–Crippen MR) is 50.4 cm³/mol. The van der Waals surface area contributed by atoms with E-state index in [1.807, 2.05) is 0 Å². The summed E-state index contributed by atoms with van der Waals surface area (Å²) in [6.07, 6.45) is 0.474. The number of carbonyl (C=O) groups excluding carboxylic acids is 2. The molecule has 0 aromatic heterocycles. The molecule has 0 aliphatic heterocycles. The predicted octanol–water partition coefficient (Wildman–Crippen LogP) is -0.216. The van der Waals surface area contributed by atoms with Crippen LogP contribution in [-0.2, 0) is 4.79 Å². The Kier molecular flexibility index (Phi) is 5.67. The van der Waals surface area contributed by atoms with Gasteiger partial charge in [0, 0.05) is 33.6 Å². The van der Waals surface area contributed by atoms with Gasteiger partial charge in [0.2, 0.25) is 5.91 Å². The largest absolute Gasteiger partial charge is 0.354 e. The van der Waals surface area contributed by atoms with E-state index in [9.17, 15) is 9.59 Å². The van der Waals surface area contributed by atoms with Crippen LogP contribution in [0.15, 0.2) is 0 Å². The third-order valence-electron chi connectivity index (χ3n) is 1.45. The Balaban J connectivity index is 3.36. The van der Waals surface area contributed by atoms with Crippen LogP contribution in [0.5, 0.6) is 0 Å². The van der Waals surface area contributed by atoms with E-state index in [2.05, 4.69) is 10.6 Å². The first-order chi connectivity index (χ1) is 6.07. The molecule has 0 heterocycles. The number of rotatable bonds is 4. The van der Waals surface area contributed by atoms with E-state index >= 15 is 0 Å². The molecule has 0 bridgehead atoms. The fourth-order valence-electron chi connectivity index (χ4n) is 0.654. The summed E-state index contributed by atoms with van der Waals surface area (Å²) in [6.45, 7) is 2.72. The monoisotopic (exact) mass is 187 g/mol. The molecular formula is C8H17N3O2. The minimum Gasteiger partial charge on any atom is -0.354 e. The third kappa shape index (κ3) is 5.95. The molecule has 13 heavy (non-hydrogen) atoms. The van der Waals surface area contributed by atoms with Crippen molar-refractivity contribution in [2.75, 3.05) is 27.2 Å². The van der Waals surface area contributed by atoms with Crippen molar-refractivity contribution < 1.29 is 9.59 Å². The molecule has 0 saturated heterocycles. The van der Waals surface area contributed by atoms with E-state index in [0.717, 1.165) is 0 Å². The molecule has 0 spiro atoms. The molecule has 0 unspecified atom stereocenters. The lowest BCUT2D eigenvalue weighted by Crippen LogP contribution is -2.39. The first-order valence-corrected chi connectivity index (χ1v) is 4.29. The summed E-state index contributed by atoms with van der Waals surface area (Å²) in [5.74, 6) is -0.000831. The second-order valence-corrected chi connectivity index (χ2v) is 2.83. The molecule has 0 rings (SSSR count). The zero-order valence-corrected chi connectivity index (χ0v) is 8.39. The van der Waals surface area contributed by atoms with E-state index in [1.54, 1.807) is 21.0 Å². The molecule has 5 nitrogen and oxygen atoms in total. The smallest absolute Gasteiger partial charge is 0.316 e. The van der Waals surface area contributed by atoms with Crippen molar-refractivity contribution in [3.8, 4) is 0 Å². The lowest BCUT2D eigenvalue weighted by molar-refractivity contribution is -0.120. The minimum absolute atomic E-state index is 0.000831. The van der Waals surface area contributed by atoms with Crippen LogP contribution in [0.2, 0.25) is 0 Å². The van der Waals surface area contributed by atoms with Gasteiger partial charge in [-0.05, 0) is 0 Å². The number of hydrogen-bond donors (Lipinski definition) is 2. The summed E-state index contributed by atoms with van der Waals surface area (Å²) in [4.78, 5) is 23.2. The molecule has 0 fully saturated rings. The highest BCUT2D eigenvalue weighted by atomic mass is 16.2. The average Bonchev–Trinajstić information content (AvgIpc) is 2.11. The van der Waals surface area contributed by atoms with Crippen LogP contribution in [0.3, 0.4) is 0 Å². The molecule has 0 aromatic rings. The van der Waals surface area contributed by atoms with Gasteiger partial charge >= 0.3 is 6.03 Å². The zero-order chi connectivity index (χ0) is 10.3. The van der Waals surface area contributed by atoms with Gasteiger partial charge in [-0.25, -0.2) is 4.79 Å². The van der Waals surface area contributed by atoms with Gasteiger partial charge < -0.3 is 15.5 Å². The molecule has 5 heteroatoms. The fourth-order valence-corrected chi connectivity index (χ4v) is 0.654. The van der Waals surface area contributed by atoms with E-state index in [4.69, 9.17) is 0 Å². The molecule has 2 N–H and O–H groups in total. The Bertz CT molecular complexity index is 180. The molecular weight excluding hydrogens is 170 g/mol. The maximum atomic E-state index is 11.0. The summed E-state index contributed by atoms with van der Waals surface area (Å²) >= 11 is 0. The lowest BCUT2D eigenvalue weighted by atomic mass is 10.4. The SMILES string of the molecule is CCC(=O)NCCNC(=O)N(C)C. The van der Waals surface area contributed by atoms with Gasteiger partial charge in [0.25, 0.3) is 0 Å². The standard InChI is InChI=1S/C8H17N3O2/c1-4-7(12)9-5-6-10-8(13)11(2)3/h4-6H2,1-3H3,(H,9,12)(H,10,13). The molecule has 0 aliphatic rings. The quantitative estimate of drug-likeness (QED) is 0.598. The van der Waals surface area contributed by atoms with Crippen LogP contribution in [-0.4, -0.2) is 44.0 Å². The highest BCUT2D eigenvalue weighted by Crippen LogP contribution is 1.76. The normalized spacial score (nSPS) is 9.15. The van der Waals surface area contributed by atoms with Gasteiger partial charge in [-0.2, -0.15) is 0 Å². The average molecular weight is 187 g/mol. The highest BCUT2D eigenvalue weighted by Gasteiger charge is 2.01. The third-order valence-corrected chi connectivity index (χ3v) is 1.45. The molecule has 3 amide bonds. The Morgan fingerprint density at radius 2 is 1.69 bits per heavy atom. The fraction of sp³-hybridized carbons (Fsp3) is 0.750. The topological polar surface area (TPSA) is 61.4 Å². The van der Waals surface area contributed by atoms with Gasteiger partial charge in [-0.1, -0.05) is 6.92 Å². The zero-order valence-electron chi connectivity index (χ0n) is 8.39. The number of urea groups is 1. The molecule has 0 aliphatic carbocycles. The Hall–Kier alpha value is -1.26. The van der Waals surface area contributed by atoms with Crippen molar-refractivity contribution in [3.63, 3.8) is 0 Å². The molecule has 0 aromatic carbocycles. The van der Waals surface area contributed by atoms with Crippen molar-refractivity contribution in [1.82, 2.24) is 15.5 Å². The Morgan fingerprint density at radius 3 is 2.15 bits per heavy atom. The van der Waals surface area contributed by atoms with Crippen molar-refractivity contribution in [2.45, 2.75) is 13.3 Å². The number of amides is 3. The number of carbonyl (C=O) groups is 2. The van der Waals surface area contributed by atoms with Gasteiger partial charge in [0.15, 0.2) is 0 Å².